The lowest BCUT2D eigenvalue weighted by Crippen LogP contribution is -2.41. The summed E-state index contributed by atoms with van der Waals surface area (Å²) in [7, 11) is 4.48. The van der Waals surface area contributed by atoms with Gasteiger partial charge in [-0.1, -0.05) is 24.3 Å². The summed E-state index contributed by atoms with van der Waals surface area (Å²) in [6.07, 6.45) is 3.67. The third kappa shape index (κ3) is 3.79. The van der Waals surface area contributed by atoms with Gasteiger partial charge in [0, 0.05) is 12.1 Å². The zero-order chi connectivity index (χ0) is 26.3. The second-order valence-electron chi connectivity index (χ2n) is 9.80. The molecular formula is C28H29N3O5. The Morgan fingerprint density at radius 2 is 1.61 bits per heavy atom. The van der Waals surface area contributed by atoms with Crippen molar-refractivity contribution in [3.8, 4) is 29.4 Å². The Hall–Kier alpha value is -4.17. The first-order chi connectivity index (χ1) is 17.1. The molecule has 0 spiro atoms. The van der Waals surface area contributed by atoms with Crippen LogP contribution in [0.3, 0.4) is 0 Å². The van der Waals surface area contributed by atoms with Crippen LogP contribution in [0.15, 0.2) is 42.6 Å². The van der Waals surface area contributed by atoms with E-state index in [0.29, 0.717) is 22.8 Å². The van der Waals surface area contributed by atoms with Crippen molar-refractivity contribution in [1.29, 1.82) is 10.5 Å². The Kier molecular flexibility index (Phi) is 6.32. The summed E-state index contributed by atoms with van der Waals surface area (Å²) in [5.74, 6) is -0.321. The number of esters is 1. The Morgan fingerprint density at radius 1 is 1.00 bits per heavy atom. The summed E-state index contributed by atoms with van der Waals surface area (Å²) in [5, 5.41) is 21.3. The molecule has 8 heteroatoms. The van der Waals surface area contributed by atoms with Crippen molar-refractivity contribution in [2.24, 2.45) is 5.41 Å². The number of methoxy groups -OCH3 is 3. The van der Waals surface area contributed by atoms with Gasteiger partial charge in [0.15, 0.2) is 16.9 Å². The molecule has 0 aliphatic carbocycles. The molecule has 0 amide bonds. The van der Waals surface area contributed by atoms with E-state index in [-0.39, 0.29) is 0 Å². The Bertz CT molecular complexity index is 1260. The zero-order valence-corrected chi connectivity index (χ0v) is 21.2. The summed E-state index contributed by atoms with van der Waals surface area (Å²) in [4.78, 5) is 15.5. The quantitative estimate of drug-likeness (QED) is 0.565. The molecule has 0 saturated carbocycles. The zero-order valence-electron chi connectivity index (χ0n) is 21.2. The number of carbonyl (C=O) groups is 1. The topological polar surface area (TPSA) is 105 Å². The third-order valence-electron chi connectivity index (χ3n) is 6.64. The van der Waals surface area contributed by atoms with Gasteiger partial charge in [-0.25, -0.2) is 4.79 Å². The highest BCUT2D eigenvalue weighted by atomic mass is 16.6. The van der Waals surface area contributed by atoms with E-state index in [4.69, 9.17) is 18.9 Å². The summed E-state index contributed by atoms with van der Waals surface area (Å²) in [6.45, 7) is 5.36. The van der Waals surface area contributed by atoms with Gasteiger partial charge in [-0.2, -0.15) is 10.5 Å². The van der Waals surface area contributed by atoms with E-state index >= 15 is 0 Å². The van der Waals surface area contributed by atoms with Gasteiger partial charge in [-0.05, 0) is 55.7 Å². The van der Waals surface area contributed by atoms with Gasteiger partial charge in [-0.3, -0.25) is 0 Å². The van der Waals surface area contributed by atoms with Gasteiger partial charge in [-0.15, -0.1) is 0 Å². The molecule has 0 N–H and O–H groups in total. The monoisotopic (exact) mass is 487 g/mol. The summed E-state index contributed by atoms with van der Waals surface area (Å²) in [5.41, 5.74) is -0.182. The van der Waals surface area contributed by atoms with Gasteiger partial charge in [0.1, 0.15) is 11.6 Å². The van der Waals surface area contributed by atoms with E-state index in [1.54, 1.807) is 44.0 Å². The minimum atomic E-state index is -1.63. The number of hydrogen-bond donors (Lipinski definition) is 0. The number of carbonyl (C=O) groups excluding carboxylic acids is 1. The fourth-order valence-corrected chi connectivity index (χ4v) is 5.28. The molecule has 2 aliphatic heterocycles. The van der Waals surface area contributed by atoms with Crippen LogP contribution in [-0.4, -0.2) is 43.8 Å². The largest absolute Gasteiger partial charge is 0.493 e. The summed E-state index contributed by atoms with van der Waals surface area (Å²) < 4.78 is 22.4. The van der Waals surface area contributed by atoms with Crippen molar-refractivity contribution in [1.82, 2.24) is 4.90 Å². The van der Waals surface area contributed by atoms with Crippen LogP contribution in [0.2, 0.25) is 0 Å². The van der Waals surface area contributed by atoms with Gasteiger partial charge in [0.05, 0.1) is 39.5 Å². The van der Waals surface area contributed by atoms with Crippen LogP contribution in [-0.2, 0) is 9.53 Å². The Labute approximate surface area is 211 Å². The number of ether oxygens (including phenoxy) is 4. The van der Waals surface area contributed by atoms with Crippen LogP contribution in [0.1, 0.15) is 49.4 Å². The summed E-state index contributed by atoms with van der Waals surface area (Å²) in [6, 6.07) is 13.9. The van der Waals surface area contributed by atoms with Crippen LogP contribution in [0.25, 0.3) is 6.08 Å². The molecule has 4 rings (SSSR count). The van der Waals surface area contributed by atoms with Crippen molar-refractivity contribution in [2.75, 3.05) is 21.3 Å². The third-order valence-corrected chi connectivity index (χ3v) is 6.64. The fourth-order valence-electron chi connectivity index (χ4n) is 5.28. The number of fused-ring (bicyclic) bond motifs is 3. The van der Waals surface area contributed by atoms with E-state index in [1.165, 1.54) is 21.3 Å². The lowest BCUT2D eigenvalue weighted by Gasteiger charge is -2.34. The van der Waals surface area contributed by atoms with Gasteiger partial charge in [0.2, 0.25) is 5.75 Å². The van der Waals surface area contributed by atoms with Gasteiger partial charge >= 0.3 is 5.97 Å². The first-order valence-electron chi connectivity index (χ1n) is 11.6. The standard InChI is InChI=1S/C28H29N3O5/c1-27(2,3)36-26(32)23-22(18-13-20(33-4)24(35-6)21(14-18)34-5)28(15-29,16-30)25-19-10-8-7-9-17(19)11-12-31(23)25/h7-14,22-23,25H,1-6H3/t22-,23+,25-/m0/s1. The molecule has 2 aromatic rings. The maximum Gasteiger partial charge on any atom is 0.330 e. The lowest BCUT2D eigenvalue weighted by atomic mass is 9.68. The number of nitriles is 2. The number of rotatable bonds is 5. The van der Waals surface area contributed by atoms with Crippen molar-refractivity contribution < 1.29 is 23.7 Å². The fraction of sp³-hybridized carbons (Fsp3) is 0.393. The molecule has 2 aromatic carbocycles. The average molecular weight is 488 g/mol. The predicted octanol–water partition coefficient (Wildman–Crippen LogP) is 4.58. The van der Waals surface area contributed by atoms with Crippen LogP contribution in [0.5, 0.6) is 17.2 Å². The highest BCUT2D eigenvalue weighted by Crippen LogP contribution is 2.60. The maximum absolute atomic E-state index is 13.8. The number of nitrogens with zero attached hydrogens (tertiary/aromatic N) is 3. The van der Waals surface area contributed by atoms with Gasteiger partial charge < -0.3 is 23.8 Å². The second-order valence-corrected chi connectivity index (χ2v) is 9.80. The highest BCUT2D eigenvalue weighted by molar-refractivity contribution is 5.81. The average Bonchev–Trinajstić information content (AvgIpc) is 3.18. The lowest BCUT2D eigenvalue weighted by molar-refractivity contribution is -0.160. The highest BCUT2D eigenvalue weighted by Gasteiger charge is 2.64. The molecule has 186 valence electrons. The molecule has 2 aliphatic rings. The van der Waals surface area contributed by atoms with Crippen LogP contribution in [0, 0.1) is 28.1 Å². The summed E-state index contributed by atoms with van der Waals surface area (Å²) >= 11 is 0. The van der Waals surface area contributed by atoms with Crippen molar-refractivity contribution >= 4 is 12.0 Å². The molecule has 36 heavy (non-hydrogen) atoms. The SMILES string of the molecule is COc1cc([C@H]2[C@H](C(=O)OC(C)(C)C)N3C=Cc4ccccc4[C@H]3C2(C#N)C#N)cc(OC)c1OC. The molecular weight excluding hydrogens is 458 g/mol. The van der Waals surface area contributed by atoms with Crippen molar-refractivity contribution in [3.05, 3.63) is 59.3 Å². The molecule has 0 bridgehead atoms. The van der Waals surface area contributed by atoms with Crippen molar-refractivity contribution in [2.45, 2.75) is 44.4 Å². The van der Waals surface area contributed by atoms with Gasteiger partial charge in [0.25, 0.3) is 0 Å². The second kappa shape index (κ2) is 9.13. The van der Waals surface area contributed by atoms with Crippen LogP contribution >= 0.6 is 0 Å². The molecule has 0 unspecified atom stereocenters. The normalized spacial score (nSPS) is 21.4. The van der Waals surface area contributed by atoms with E-state index in [2.05, 4.69) is 12.1 Å². The first kappa shape index (κ1) is 24.9. The smallest absolute Gasteiger partial charge is 0.330 e. The predicted molar refractivity (Wildman–Crippen MR) is 132 cm³/mol. The molecule has 1 saturated heterocycles. The minimum absolute atomic E-state index is 0.361. The molecule has 2 heterocycles. The first-order valence-corrected chi connectivity index (χ1v) is 11.6. The van der Waals surface area contributed by atoms with E-state index < -0.39 is 35.0 Å². The van der Waals surface area contributed by atoms with Crippen molar-refractivity contribution in [3.63, 3.8) is 0 Å². The van der Waals surface area contributed by atoms with E-state index in [9.17, 15) is 15.3 Å². The van der Waals surface area contributed by atoms with Crippen LogP contribution in [0.4, 0.5) is 0 Å². The molecule has 0 radical (unpaired) electrons. The minimum Gasteiger partial charge on any atom is -0.493 e. The van der Waals surface area contributed by atoms with E-state index in [1.807, 2.05) is 30.3 Å². The van der Waals surface area contributed by atoms with E-state index in [0.717, 1.165) is 11.1 Å². The molecule has 3 atom stereocenters. The Morgan fingerprint density at radius 3 is 2.14 bits per heavy atom. The van der Waals surface area contributed by atoms with Crippen LogP contribution < -0.4 is 14.2 Å². The molecule has 0 aromatic heterocycles. The number of benzene rings is 2. The molecule has 8 nitrogen and oxygen atoms in total. The number of hydrogen-bond acceptors (Lipinski definition) is 8. The Balaban J connectivity index is 2.02. The maximum atomic E-state index is 13.8. The molecule has 1 fully saturated rings.